The number of thiazole rings is 1. The highest BCUT2D eigenvalue weighted by Gasteiger charge is 2.08. The lowest BCUT2D eigenvalue weighted by atomic mass is 10.2. The lowest BCUT2D eigenvalue weighted by Crippen LogP contribution is -2.39. The van der Waals surface area contributed by atoms with E-state index in [0.717, 1.165) is 10.7 Å². The van der Waals surface area contributed by atoms with Gasteiger partial charge in [0.25, 0.3) is 0 Å². The second-order valence-corrected chi connectivity index (χ2v) is 8.33. The molecular weight excluding hydrogens is 308 g/mol. The van der Waals surface area contributed by atoms with Gasteiger partial charge >= 0.3 is 0 Å². The van der Waals surface area contributed by atoms with Gasteiger partial charge in [0.05, 0.1) is 18.0 Å². The molecule has 1 heterocycles. The predicted molar refractivity (Wildman–Crippen MR) is 88.7 cm³/mol. The molecule has 0 unspecified atom stereocenters. The Kier molecular flexibility index (Phi) is 7.10. The summed E-state index contributed by atoms with van der Waals surface area (Å²) in [5.74, 6) is 1.28. The van der Waals surface area contributed by atoms with Crippen LogP contribution in [-0.2, 0) is 16.4 Å². The van der Waals surface area contributed by atoms with E-state index in [4.69, 9.17) is 0 Å². The molecule has 0 atom stereocenters. The Morgan fingerprint density at radius 1 is 1.43 bits per heavy atom. The van der Waals surface area contributed by atoms with E-state index in [0.29, 0.717) is 25.0 Å². The Morgan fingerprint density at radius 2 is 2.14 bits per heavy atom. The Labute approximate surface area is 131 Å². The predicted octanol–water partition coefficient (Wildman–Crippen LogP) is 1.37. The molecule has 0 bridgehead atoms. The molecule has 0 spiro atoms. The molecule has 0 aliphatic carbocycles. The first-order chi connectivity index (χ1) is 9.88. The van der Waals surface area contributed by atoms with Crippen LogP contribution in [-0.4, -0.2) is 44.5 Å². The van der Waals surface area contributed by atoms with Gasteiger partial charge in [0, 0.05) is 24.7 Å². The van der Waals surface area contributed by atoms with E-state index in [-0.39, 0.29) is 11.5 Å². The third-order valence-corrected chi connectivity index (χ3v) is 5.51. The quantitative estimate of drug-likeness (QED) is 0.582. The van der Waals surface area contributed by atoms with Crippen LogP contribution in [0.5, 0.6) is 0 Å². The molecule has 0 aliphatic rings. The second-order valence-electron chi connectivity index (χ2n) is 4.91. The number of aliphatic imine (C=N–C) groups is 1. The molecule has 8 heteroatoms. The first-order valence-corrected chi connectivity index (χ1v) is 9.67. The molecule has 0 saturated heterocycles. The number of hydrogen-bond donors (Lipinski definition) is 2. The minimum atomic E-state index is -2.95. The molecule has 1 rings (SSSR count). The summed E-state index contributed by atoms with van der Waals surface area (Å²) < 4.78 is 22.8. The van der Waals surface area contributed by atoms with Crippen molar-refractivity contribution in [3.8, 4) is 0 Å². The van der Waals surface area contributed by atoms with Gasteiger partial charge in [0.1, 0.15) is 5.01 Å². The van der Waals surface area contributed by atoms with Crippen molar-refractivity contribution >= 4 is 27.1 Å². The van der Waals surface area contributed by atoms with Crippen LogP contribution >= 0.6 is 11.3 Å². The molecule has 0 fully saturated rings. The Hall–Kier alpha value is -1.15. The summed E-state index contributed by atoms with van der Waals surface area (Å²) in [6, 6.07) is 0. The number of rotatable bonds is 7. The van der Waals surface area contributed by atoms with Gasteiger partial charge in [-0.05, 0) is 5.92 Å². The van der Waals surface area contributed by atoms with E-state index < -0.39 is 9.84 Å². The Bertz CT molecular complexity index is 564. The SMILES string of the molecule is CCS(=O)(=O)CCNC(=NC)NCc1nc(C(C)C)cs1. The monoisotopic (exact) mass is 332 g/mol. The summed E-state index contributed by atoms with van der Waals surface area (Å²) in [5, 5.41) is 9.18. The van der Waals surface area contributed by atoms with Crippen molar-refractivity contribution in [1.29, 1.82) is 0 Å². The summed E-state index contributed by atoms with van der Waals surface area (Å²) >= 11 is 1.61. The van der Waals surface area contributed by atoms with E-state index in [1.54, 1.807) is 25.3 Å². The van der Waals surface area contributed by atoms with E-state index in [1.165, 1.54) is 0 Å². The summed E-state index contributed by atoms with van der Waals surface area (Å²) in [7, 11) is -1.29. The molecule has 1 aromatic heterocycles. The van der Waals surface area contributed by atoms with Crippen LogP contribution in [0.3, 0.4) is 0 Å². The van der Waals surface area contributed by atoms with Crippen LogP contribution in [0.25, 0.3) is 0 Å². The van der Waals surface area contributed by atoms with E-state index >= 15 is 0 Å². The van der Waals surface area contributed by atoms with Crippen molar-refractivity contribution in [3.63, 3.8) is 0 Å². The van der Waals surface area contributed by atoms with Crippen LogP contribution in [0.4, 0.5) is 0 Å². The minimum Gasteiger partial charge on any atom is -0.355 e. The van der Waals surface area contributed by atoms with Crippen molar-refractivity contribution in [1.82, 2.24) is 15.6 Å². The summed E-state index contributed by atoms with van der Waals surface area (Å²) in [6.07, 6.45) is 0. The van der Waals surface area contributed by atoms with Gasteiger partial charge in [-0.15, -0.1) is 11.3 Å². The van der Waals surface area contributed by atoms with Gasteiger partial charge in [-0.3, -0.25) is 4.99 Å². The first kappa shape index (κ1) is 17.9. The van der Waals surface area contributed by atoms with E-state index in [9.17, 15) is 8.42 Å². The molecule has 0 aliphatic heterocycles. The van der Waals surface area contributed by atoms with Gasteiger partial charge in [-0.2, -0.15) is 0 Å². The normalized spacial score (nSPS) is 12.7. The van der Waals surface area contributed by atoms with Gasteiger partial charge in [0.2, 0.25) is 0 Å². The van der Waals surface area contributed by atoms with Crippen molar-refractivity contribution in [2.24, 2.45) is 4.99 Å². The molecule has 0 aromatic carbocycles. The van der Waals surface area contributed by atoms with Crippen molar-refractivity contribution in [3.05, 3.63) is 16.1 Å². The maximum atomic E-state index is 11.4. The molecule has 0 radical (unpaired) electrons. The molecule has 6 nitrogen and oxygen atoms in total. The zero-order chi connectivity index (χ0) is 15.9. The summed E-state index contributed by atoms with van der Waals surface area (Å²) in [4.78, 5) is 8.59. The largest absolute Gasteiger partial charge is 0.355 e. The summed E-state index contributed by atoms with van der Waals surface area (Å²) in [6.45, 7) is 6.81. The van der Waals surface area contributed by atoms with Crippen LogP contribution < -0.4 is 10.6 Å². The topological polar surface area (TPSA) is 83.5 Å². The zero-order valence-corrected chi connectivity index (χ0v) is 14.6. The zero-order valence-electron chi connectivity index (χ0n) is 13.0. The Morgan fingerprint density at radius 3 is 2.67 bits per heavy atom. The standard InChI is InChI=1S/C13H24N4O2S2/c1-5-21(18,19)7-6-15-13(14-4)16-8-12-17-11(9-20-12)10(2)3/h9-10H,5-8H2,1-4H3,(H2,14,15,16). The highest BCUT2D eigenvalue weighted by atomic mass is 32.2. The second kappa shape index (κ2) is 8.33. The van der Waals surface area contributed by atoms with E-state index in [1.807, 2.05) is 0 Å². The average Bonchev–Trinajstić information content (AvgIpc) is 2.91. The number of guanidine groups is 1. The summed E-state index contributed by atoms with van der Waals surface area (Å²) in [5.41, 5.74) is 1.09. The number of sulfone groups is 1. The van der Waals surface area contributed by atoms with Gasteiger partial charge in [-0.1, -0.05) is 20.8 Å². The van der Waals surface area contributed by atoms with Gasteiger partial charge in [-0.25, -0.2) is 13.4 Å². The Balaban J connectivity index is 2.41. The van der Waals surface area contributed by atoms with Gasteiger partial charge < -0.3 is 10.6 Å². The number of nitrogens with zero attached hydrogens (tertiary/aromatic N) is 2. The number of hydrogen-bond acceptors (Lipinski definition) is 5. The van der Waals surface area contributed by atoms with Crippen LogP contribution in [0.15, 0.2) is 10.4 Å². The van der Waals surface area contributed by atoms with Crippen molar-refractivity contribution < 1.29 is 8.42 Å². The molecular formula is C13H24N4O2S2. The lowest BCUT2D eigenvalue weighted by molar-refractivity contribution is 0.595. The van der Waals surface area contributed by atoms with Gasteiger partial charge in [0.15, 0.2) is 15.8 Å². The first-order valence-electron chi connectivity index (χ1n) is 6.97. The smallest absolute Gasteiger partial charge is 0.191 e. The van der Waals surface area contributed by atoms with Crippen molar-refractivity contribution in [2.45, 2.75) is 33.2 Å². The highest BCUT2D eigenvalue weighted by molar-refractivity contribution is 7.91. The van der Waals surface area contributed by atoms with Crippen LogP contribution in [0.1, 0.15) is 37.4 Å². The third-order valence-electron chi connectivity index (χ3n) is 2.94. The van der Waals surface area contributed by atoms with Crippen LogP contribution in [0, 0.1) is 0 Å². The minimum absolute atomic E-state index is 0.110. The highest BCUT2D eigenvalue weighted by Crippen LogP contribution is 2.17. The molecule has 120 valence electrons. The molecule has 0 amide bonds. The molecule has 2 N–H and O–H groups in total. The lowest BCUT2D eigenvalue weighted by Gasteiger charge is -2.10. The maximum absolute atomic E-state index is 11.4. The third kappa shape index (κ3) is 6.43. The fourth-order valence-electron chi connectivity index (χ4n) is 1.52. The molecule has 21 heavy (non-hydrogen) atoms. The van der Waals surface area contributed by atoms with E-state index in [2.05, 4.69) is 39.8 Å². The number of aromatic nitrogens is 1. The maximum Gasteiger partial charge on any atom is 0.191 e. The fourth-order valence-corrected chi connectivity index (χ4v) is 3.12. The molecule has 0 saturated carbocycles. The fraction of sp³-hybridized carbons (Fsp3) is 0.692. The van der Waals surface area contributed by atoms with Crippen molar-refractivity contribution in [2.75, 3.05) is 25.1 Å². The number of nitrogens with one attached hydrogen (secondary N) is 2. The van der Waals surface area contributed by atoms with Crippen LogP contribution in [0.2, 0.25) is 0 Å². The average molecular weight is 332 g/mol. The molecule has 1 aromatic rings.